The molecule has 2 aliphatic rings. The second-order valence-corrected chi connectivity index (χ2v) is 13.5. The maximum atomic E-state index is 14.4. The molecule has 4 atom stereocenters. The number of anilines is 3. The number of amides is 5. The lowest BCUT2D eigenvalue weighted by atomic mass is 10.0. The zero-order chi connectivity index (χ0) is 39.0. The average molecular weight is 758 g/mol. The number of carbonyl (C=O) groups excluding carboxylic acids is 3. The molecule has 16 heteroatoms. The van der Waals surface area contributed by atoms with Crippen molar-refractivity contribution in [2.24, 2.45) is 5.92 Å². The molecule has 3 aromatic carbocycles. The van der Waals surface area contributed by atoms with Gasteiger partial charge in [-0.05, 0) is 87.7 Å². The molecule has 3 aromatic rings. The summed E-state index contributed by atoms with van der Waals surface area (Å²) in [7, 11) is 1.65. The van der Waals surface area contributed by atoms with Crippen LogP contribution in [0.4, 0.5) is 39.8 Å². The number of likely N-dealkylation sites (N-methyl/N-ethyl adjacent to an activating group) is 1. The number of halogens is 3. The Morgan fingerprint density at radius 1 is 0.926 bits per heavy atom. The van der Waals surface area contributed by atoms with Crippen LogP contribution in [0.1, 0.15) is 56.0 Å². The molecule has 0 fully saturated rings. The number of aliphatic hydroxyl groups excluding tert-OH is 1. The van der Waals surface area contributed by atoms with Gasteiger partial charge < -0.3 is 49.8 Å². The molecular weight excluding hydrogens is 711 g/mol. The van der Waals surface area contributed by atoms with Crippen molar-refractivity contribution in [1.29, 1.82) is 0 Å². The molecule has 0 radical (unpaired) electrons. The minimum atomic E-state index is -4.52. The highest BCUT2D eigenvalue weighted by atomic mass is 19.4. The number of carbonyl (C=O) groups is 3. The SMILES string of the molecule is C[C@@H]1CN([C@@H](C)CO)C(=O)c2cc(NC(=O)Nc3ccc(C(F)(F)F)cc3)ccc2O[C@@H](C)CCCCO[C@@H]1CN(C)C(=O)Nc1ccc2c(c1)OCO2. The summed E-state index contributed by atoms with van der Waals surface area (Å²) in [5, 5.41) is 18.2. The summed E-state index contributed by atoms with van der Waals surface area (Å²) in [5.41, 5.74) is 0.181. The number of ether oxygens (including phenoxy) is 4. The van der Waals surface area contributed by atoms with Crippen LogP contribution in [0.3, 0.4) is 0 Å². The fraction of sp³-hybridized carbons (Fsp3) is 0.447. The van der Waals surface area contributed by atoms with Crippen molar-refractivity contribution in [1.82, 2.24) is 9.80 Å². The topological polar surface area (TPSA) is 151 Å². The summed E-state index contributed by atoms with van der Waals surface area (Å²) < 4.78 is 62.3. The van der Waals surface area contributed by atoms with Crippen molar-refractivity contribution in [3.05, 3.63) is 71.8 Å². The van der Waals surface area contributed by atoms with Gasteiger partial charge in [0.25, 0.3) is 5.91 Å². The van der Waals surface area contributed by atoms with Gasteiger partial charge in [0.1, 0.15) is 5.75 Å². The third-order valence-electron chi connectivity index (χ3n) is 9.20. The standard InChI is InChI=1S/C38H46F3N5O8/c1-23-19-46(24(2)21-47)35(48)30-17-28(43-36(49)42-27-10-8-26(9-11-27)38(39,40)41)12-14-31(30)54-25(3)7-5-6-16-51-34(23)20-45(4)37(50)44-29-13-15-32-33(18-29)53-22-52-32/h8-15,17-18,23-25,34,47H,5-7,16,19-22H2,1-4H3,(H,44,50)(H2,42,43,49)/t23-,24+,25+,34-/m1/s1. The van der Waals surface area contributed by atoms with Gasteiger partial charge in [0.2, 0.25) is 6.79 Å². The van der Waals surface area contributed by atoms with E-state index >= 15 is 0 Å². The highest BCUT2D eigenvalue weighted by molar-refractivity contribution is 6.02. The third-order valence-corrected chi connectivity index (χ3v) is 9.20. The van der Waals surface area contributed by atoms with E-state index in [4.69, 9.17) is 18.9 Å². The molecule has 0 aliphatic carbocycles. The van der Waals surface area contributed by atoms with Gasteiger partial charge in [0.05, 0.1) is 36.0 Å². The van der Waals surface area contributed by atoms with Crippen LogP contribution in [-0.2, 0) is 10.9 Å². The molecule has 5 rings (SSSR count). The second kappa shape index (κ2) is 17.7. The molecule has 2 aliphatic heterocycles. The zero-order valence-corrected chi connectivity index (χ0v) is 30.6. The van der Waals surface area contributed by atoms with Crippen molar-refractivity contribution in [2.45, 2.75) is 64.5 Å². The van der Waals surface area contributed by atoms with Crippen molar-refractivity contribution < 1.29 is 51.6 Å². The van der Waals surface area contributed by atoms with Gasteiger partial charge in [-0.25, -0.2) is 9.59 Å². The van der Waals surface area contributed by atoms with Crippen LogP contribution >= 0.6 is 0 Å². The minimum absolute atomic E-state index is 0.110. The number of hydrogen-bond donors (Lipinski definition) is 4. The summed E-state index contributed by atoms with van der Waals surface area (Å²) in [6, 6.07) is 12.0. The fourth-order valence-corrected chi connectivity index (χ4v) is 6.04. The quantitative estimate of drug-likeness (QED) is 0.201. The van der Waals surface area contributed by atoms with E-state index < -0.39 is 35.8 Å². The molecule has 0 unspecified atom stereocenters. The van der Waals surface area contributed by atoms with Crippen LogP contribution in [-0.4, -0.2) is 91.3 Å². The van der Waals surface area contributed by atoms with E-state index in [0.717, 1.165) is 37.1 Å². The number of aliphatic hydroxyl groups is 1. The first kappa shape index (κ1) is 40.0. The molecule has 13 nitrogen and oxygen atoms in total. The summed E-state index contributed by atoms with van der Waals surface area (Å²) in [4.78, 5) is 43.5. The Morgan fingerprint density at radius 2 is 1.57 bits per heavy atom. The molecule has 4 N–H and O–H groups in total. The Bertz CT molecular complexity index is 1780. The molecule has 0 bridgehead atoms. The minimum Gasteiger partial charge on any atom is -0.490 e. The van der Waals surface area contributed by atoms with E-state index in [1.54, 1.807) is 44.3 Å². The van der Waals surface area contributed by atoms with Gasteiger partial charge in [-0.1, -0.05) is 6.92 Å². The Hall–Kier alpha value is -5.22. The van der Waals surface area contributed by atoms with E-state index in [2.05, 4.69) is 16.0 Å². The smallest absolute Gasteiger partial charge is 0.416 e. The van der Waals surface area contributed by atoms with Crippen molar-refractivity contribution >= 4 is 35.0 Å². The number of nitrogens with one attached hydrogen (secondary N) is 3. The molecular formula is C38H46F3N5O8. The summed E-state index contributed by atoms with van der Waals surface area (Å²) in [6.45, 7) is 6.03. The fourth-order valence-electron chi connectivity index (χ4n) is 6.04. The number of nitrogens with zero attached hydrogens (tertiary/aromatic N) is 2. The number of alkyl halides is 3. The predicted molar refractivity (Wildman–Crippen MR) is 195 cm³/mol. The highest BCUT2D eigenvalue weighted by Crippen LogP contribution is 2.35. The van der Waals surface area contributed by atoms with Gasteiger partial charge in [-0.3, -0.25) is 4.79 Å². The summed E-state index contributed by atoms with van der Waals surface area (Å²) in [5.74, 6) is 0.631. The number of fused-ring (bicyclic) bond motifs is 2. The molecule has 0 saturated heterocycles. The van der Waals surface area contributed by atoms with E-state index in [-0.39, 0.29) is 67.2 Å². The van der Waals surface area contributed by atoms with E-state index in [1.807, 2.05) is 13.8 Å². The van der Waals surface area contributed by atoms with Crippen molar-refractivity contribution in [3.63, 3.8) is 0 Å². The Balaban J connectivity index is 1.34. The maximum absolute atomic E-state index is 14.4. The molecule has 5 amide bonds. The zero-order valence-electron chi connectivity index (χ0n) is 30.6. The van der Waals surface area contributed by atoms with Crippen LogP contribution in [0.25, 0.3) is 0 Å². The number of rotatable bonds is 7. The first-order valence-electron chi connectivity index (χ1n) is 17.7. The lowest BCUT2D eigenvalue weighted by molar-refractivity contribution is -0.137. The van der Waals surface area contributed by atoms with Crippen LogP contribution in [0.15, 0.2) is 60.7 Å². The lowest BCUT2D eigenvalue weighted by Crippen LogP contribution is -2.48. The molecule has 292 valence electrons. The van der Waals surface area contributed by atoms with Gasteiger partial charge in [0, 0.05) is 55.8 Å². The number of hydrogen-bond acceptors (Lipinski definition) is 8. The van der Waals surface area contributed by atoms with Gasteiger partial charge in [0.15, 0.2) is 11.5 Å². The second-order valence-electron chi connectivity index (χ2n) is 13.5. The van der Waals surface area contributed by atoms with E-state index in [1.165, 1.54) is 15.9 Å². The van der Waals surface area contributed by atoms with Gasteiger partial charge in [-0.15, -0.1) is 0 Å². The molecule has 0 aromatic heterocycles. The largest absolute Gasteiger partial charge is 0.490 e. The Morgan fingerprint density at radius 3 is 2.28 bits per heavy atom. The van der Waals surface area contributed by atoms with Crippen molar-refractivity contribution in [3.8, 4) is 17.2 Å². The van der Waals surface area contributed by atoms with Crippen LogP contribution in [0.2, 0.25) is 0 Å². The summed E-state index contributed by atoms with van der Waals surface area (Å²) >= 11 is 0. The molecule has 0 spiro atoms. The monoisotopic (exact) mass is 757 g/mol. The van der Waals surface area contributed by atoms with Crippen LogP contribution in [0, 0.1) is 5.92 Å². The first-order chi connectivity index (χ1) is 25.7. The predicted octanol–water partition coefficient (Wildman–Crippen LogP) is 7.04. The van der Waals surface area contributed by atoms with E-state index in [0.29, 0.717) is 30.2 Å². The van der Waals surface area contributed by atoms with Gasteiger partial charge in [-0.2, -0.15) is 13.2 Å². The average Bonchev–Trinajstić information content (AvgIpc) is 3.60. The number of benzene rings is 3. The summed E-state index contributed by atoms with van der Waals surface area (Å²) in [6.07, 6.45) is -3.14. The lowest BCUT2D eigenvalue weighted by Gasteiger charge is -2.35. The third kappa shape index (κ3) is 10.5. The maximum Gasteiger partial charge on any atom is 0.416 e. The number of urea groups is 2. The van der Waals surface area contributed by atoms with E-state index in [9.17, 15) is 32.7 Å². The normalized spacial score (nSPS) is 19.8. The van der Waals surface area contributed by atoms with Crippen LogP contribution in [0.5, 0.6) is 17.2 Å². The van der Waals surface area contributed by atoms with Gasteiger partial charge >= 0.3 is 18.2 Å². The highest BCUT2D eigenvalue weighted by Gasteiger charge is 2.32. The first-order valence-corrected chi connectivity index (χ1v) is 17.7. The van der Waals surface area contributed by atoms with Crippen LogP contribution < -0.4 is 30.2 Å². The molecule has 54 heavy (non-hydrogen) atoms. The molecule has 0 saturated carbocycles. The molecule has 2 heterocycles. The Kier molecular flexibility index (Phi) is 13.1. The Labute approximate surface area is 311 Å². The van der Waals surface area contributed by atoms with Crippen molar-refractivity contribution in [2.75, 3.05) is 56.1 Å².